The van der Waals surface area contributed by atoms with E-state index in [1.807, 2.05) is 0 Å². The van der Waals surface area contributed by atoms with Gasteiger partial charge < -0.3 is 34.9 Å². The lowest BCUT2D eigenvalue weighted by molar-refractivity contribution is -0.239. The molecule has 1 aliphatic rings. The summed E-state index contributed by atoms with van der Waals surface area (Å²) in [6, 6.07) is 5.28. The first-order chi connectivity index (χ1) is 11.4. The molecule has 1 aromatic carbocycles. The molecule has 3 rings (SSSR count). The Morgan fingerprint density at radius 1 is 1.25 bits per heavy atom. The maximum Gasteiger partial charge on any atom is 0.336 e. The number of aliphatic hydroxyl groups excluding tert-OH is 3. The van der Waals surface area contributed by atoms with E-state index in [0.29, 0.717) is 11.3 Å². The molecule has 1 aromatic heterocycles. The van der Waals surface area contributed by atoms with Gasteiger partial charge >= 0.3 is 5.63 Å². The van der Waals surface area contributed by atoms with Crippen LogP contribution in [0.3, 0.4) is 0 Å². The minimum Gasteiger partial charge on any atom is -0.463 e. The Bertz CT molecular complexity index is 788. The highest BCUT2D eigenvalue weighted by Gasteiger charge is 2.43. The quantitative estimate of drug-likeness (QED) is 0.537. The van der Waals surface area contributed by atoms with Crippen LogP contribution in [0, 0.1) is 6.92 Å². The van der Waals surface area contributed by atoms with E-state index >= 15 is 0 Å². The average molecular weight is 337 g/mol. The van der Waals surface area contributed by atoms with Crippen molar-refractivity contribution in [2.75, 3.05) is 6.61 Å². The zero-order chi connectivity index (χ0) is 17.4. The van der Waals surface area contributed by atoms with Crippen molar-refractivity contribution in [2.24, 2.45) is 5.73 Å². The third-order valence-electron chi connectivity index (χ3n) is 4.10. The predicted molar refractivity (Wildman–Crippen MR) is 83.6 cm³/mol. The normalized spacial score (nSPS) is 30.5. The van der Waals surface area contributed by atoms with Gasteiger partial charge in [-0.05, 0) is 24.6 Å². The average Bonchev–Trinajstić information content (AvgIpc) is 2.55. The lowest BCUT2D eigenvalue weighted by atomic mass is 9.98. The fraction of sp³-hybridized carbons (Fsp3) is 0.438. The van der Waals surface area contributed by atoms with Crippen LogP contribution in [0.4, 0.5) is 0 Å². The Morgan fingerprint density at radius 3 is 2.71 bits per heavy atom. The van der Waals surface area contributed by atoms with Crippen LogP contribution in [0.15, 0.2) is 33.5 Å². The lowest BCUT2D eigenvalue weighted by Crippen LogP contribution is -2.63. The van der Waals surface area contributed by atoms with Crippen molar-refractivity contribution in [2.45, 2.75) is 37.6 Å². The van der Waals surface area contributed by atoms with E-state index in [4.69, 9.17) is 19.6 Å². The molecule has 24 heavy (non-hydrogen) atoms. The Balaban J connectivity index is 1.87. The zero-order valence-electron chi connectivity index (χ0n) is 13.0. The molecule has 0 radical (unpaired) electrons. The van der Waals surface area contributed by atoms with Crippen LogP contribution < -0.4 is 16.1 Å². The summed E-state index contributed by atoms with van der Waals surface area (Å²) in [6.45, 7) is 1.31. The molecule has 0 bridgehead atoms. The van der Waals surface area contributed by atoms with Crippen LogP contribution in [-0.2, 0) is 4.74 Å². The molecule has 2 aromatic rings. The molecule has 1 aliphatic heterocycles. The Labute approximate surface area is 137 Å². The minimum atomic E-state index is -1.30. The topological polar surface area (TPSA) is 135 Å². The van der Waals surface area contributed by atoms with Gasteiger partial charge in [-0.25, -0.2) is 4.79 Å². The number of fused-ring (bicyclic) bond motifs is 1. The van der Waals surface area contributed by atoms with Crippen molar-refractivity contribution in [3.63, 3.8) is 0 Å². The second-order valence-electron chi connectivity index (χ2n) is 5.81. The van der Waals surface area contributed by atoms with E-state index in [1.165, 1.54) is 12.1 Å². The monoisotopic (exact) mass is 337 g/mol. The molecular weight excluding hydrogens is 318 g/mol. The van der Waals surface area contributed by atoms with E-state index in [1.54, 1.807) is 19.1 Å². The summed E-state index contributed by atoms with van der Waals surface area (Å²) in [7, 11) is 0. The number of aliphatic hydroxyl groups is 3. The number of ether oxygens (including phenoxy) is 2. The van der Waals surface area contributed by atoms with Crippen molar-refractivity contribution in [1.82, 2.24) is 0 Å². The van der Waals surface area contributed by atoms with Crippen LogP contribution in [-0.4, -0.2) is 52.6 Å². The van der Waals surface area contributed by atoms with Gasteiger partial charge in [0.25, 0.3) is 0 Å². The first-order valence-corrected chi connectivity index (χ1v) is 7.50. The van der Waals surface area contributed by atoms with Gasteiger partial charge in [0, 0.05) is 17.5 Å². The summed E-state index contributed by atoms with van der Waals surface area (Å²) >= 11 is 0. The molecule has 5 atom stereocenters. The maximum absolute atomic E-state index is 11.5. The highest BCUT2D eigenvalue weighted by Crippen LogP contribution is 2.26. The van der Waals surface area contributed by atoms with E-state index < -0.39 is 42.9 Å². The Kier molecular flexibility index (Phi) is 4.57. The number of hydrogen-bond acceptors (Lipinski definition) is 8. The van der Waals surface area contributed by atoms with Gasteiger partial charge in [0.2, 0.25) is 6.29 Å². The molecule has 8 heteroatoms. The molecule has 0 spiro atoms. The molecule has 2 heterocycles. The highest BCUT2D eigenvalue weighted by molar-refractivity contribution is 5.81. The molecule has 1 saturated heterocycles. The van der Waals surface area contributed by atoms with Gasteiger partial charge in [0.15, 0.2) is 0 Å². The largest absolute Gasteiger partial charge is 0.463 e. The van der Waals surface area contributed by atoms with E-state index in [9.17, 15) is 20.1 Å². The maximum atomic E-state index is 11.5. The molecule has 5 N–H and O–H groups in total. The highest BCUT2D eigenvalue weighted by atomic mass is 16.7. The third-order valence-corrected chi connectivity index (χ3v) is 4.10. The van der Waals surface area contributed by atoms with Crippen LogP contribution >= 0.6 is 0 Å². The van der Waals surface area contributed by atoms with E-state index in [2.05, 4.69) is 0 Å². The van der Waals surface area contributed by atoms with Gasteiger partial charge in [-0.2, -0.15) is 0 Å². The summed E-state index contributed by atoms with van der Waals surface area (Å²) in [5.74, 6) is 0.317. The Hall–Kier alpha value is -1.97. The summed E-state index contributed by atoms with van der Waals surface area (Å²) < 4.78 is 16.2. The molecule has 0 amide bonds. The number of rotatable bonds is 3. The second kappa shape index (κ2) is 6.50. The summed E-state index contributed by atoms with van der Waals surface area (Å²) in [5, 5.41) is 29.7. The molecule has 0 unspecified atom stereocenters. The van der Waals surface area contributed by atoms with E-state index in [-0.39, 0.29) is 0 Å². The van der Waals surface area contributed by atoms with Crippen LogP contribution in [0.25, 0.3) is 11.0 Å². The van der Waals surface area contributed by atoms with Crippen molar-refractivity contribution in [3.8, 4) is 5.75 Å². The molecule has 8 nitrogen and oxygen atoms in total. The molecule has 130 valence electrons. The predicted octanol–water partition coefficient (Wildman–Crippen LogP) is -0.753. The number of nitrogens with two attached hydrogens (primary N) is 1. The van der Waals surface area contributed by atoms with Gasteiger partial charge in [-0.15, -0.1) is 0 Å². The number of benzene rings is 1. The first-order valence-electron chi connectivity index (χ1n) is 7.50. The SMILES string of the molecule is Cc1cc(=O)oc2cc(O[C@H]3O[C@@H](CO)[C@@H](O)[C@H](O)[C@H]3N)ccc12. The van der Waals surface area contributed by atoms with Crippen molar-refractivity contribution >= 4 is 11.0 Å². The molecule has 0 saturated carbocycles. The number of hydrogen-bond donors (Lipinski definition) is 4. The van der Waals surface area contributed by atoms with Gasteiger partial charge in [0.1, 0.15) is 29.6 Å². The fourth-order valence-electron chi connectivity index (χ4n) is 2.72. The zero-order valence-corrected chi connectivity index (χ0v) is 13.0. The lowest BCUT2D eigenvalue weighted by Gasteiger charge is -2.40. The summed E-state index contributed by atoms with van der Waals surface area (Å²) in [5.41, 5.74) is 6.48. The van der Waals surface area contributed by atoms with Gasteiger partial charge in [-0.3, -0.25) is 0 Å². The van der Waals surface area contributed by atoms with Crippen LogP contribution in [0.5, 0.6) is 5.75 Å². The van der Waals surface area contributed by atoms with Crippen molar-refractivity contribution in [1.29, 1.82) is 0 Å². The van der Waals surface area contributed by atoms with Crippen LogP contribution in [0.1, 0.15) is 5.56 Å². The summed E-state index contributed by atoms with van der Waals surface area (Å²) in [4.78, 5) is 11.5. The van der Waals surface area contributed by atoms with Crippen LogP contribution in [0.2, 0.25) is 0 Å². The Morgan fingerprint density at radius 2 is 2.00 bits per heavy atom. The number of aryl methyl sites for hydroxylation is 1. The van der Waals surface area contributed by atoms with Gasteiger partial charge in [-0.1, -0.05) is 0 Å². The second-order valence-corrected chi connectivity index (χ2v) is 5.81. The molecule has 1 fully saturated rings. The molecular formula is C16H19NO7. The van der Waals surface area contributed by atoms with Crippen molar-refractivity contribution < 1.29 is 29.2 Å². The molecule has 0 aliphatic carbocycles. The minimum absolute atomic E-state index is 0.317. The first kappa shape index (κ1) is 16.9. The third kappa shape index (κ3) is 3.02. The fourth-order valence-corrected chi connectivity index (χ4v) is 2.72. The van der Waals surface area contributed by atoms with E-state index in [0.717, 1.165) is 10.9 Å². The summed E-state index contributed by atoms with van der Waals surface area (Å²) in [6.07, 6.45) is -4.69. The standard InChI is InChI=1S/C16H19NO7/c1-7-4-12(19)23-10-5-8(2-3-9(7)10)22-16-13(17)15(21)14(20)11(6-18)24-16/h2-5,11,13-16,18,20-21H,6,17H2,1H3/t11-,13+,14+,15+,16-/m0/s1. The smallest absolute Gasteiger partial charge is 0.336 e. The van der Waals surface area contributed by atoms with Gasteiger partial charge in [0.05, 0.1) is 12.6 Å². The van der Waals surface area contributed by atoms with Crippen molar-refractivity contribution in [3.05, 3.63) is 40.2 Å².